The monoisotopic (exact) mass is 784 g/mol. The SMILES string of the molecule is CC(C)=CCC[C@](C)(O[C@@H]1O[C@H](CO)[C@@H](O)[C@H](O)[C@H]1O)[C@H]1CC[C@]2(C)C1[C@H](O)C[C@@H]1[C@@]3(C)CC[C@H](O[C@@H]4O[C@H](CO)[C@@H](O)[C@H](O)[C@H]4O)C(C)(C)[C@@H]3CC[C@]12C. The maximum Gasteiger partial charge on any atom is 0.187 e. The van der Waals surface area contributed by atoms with Crippen LogP contribution >= 0.6 is 0 Å². The van der Waals surface area contributed by atoms with E-state index < -0.39 is 86.3 Å². The average Bonchev–Trinajstić information content (AvgIpc) is 3.51. The van der Waals surface area contributed by atoms with Gasteiger partial charge in [0.2, 0.25) is 0 Å². The Bertz CT molecular complexity index is 1370. The number of fused-ring (bicyclic) bond motifs is 5. The summed E-state index contributed by atoms with van der Waals surface area (Å²) in [7, 11) is 0. The molecule has 318 valence electrons. The predicted octanol–water partition coefficient (Wildman–Crippen LogP) is 2.15. The number of aliphatic hydroxyl groups excluding tert-OH is 9. The molecule has 2 heterocycles. The molecule has 0 aromatic carbocycles. The Balaban J connectivity index is 1.26. The molecule has 6 aliphatic rings. The molecule has 4 aliphatic carbocycles. The van der Waals surface area contributed by atoms with Gasteiger partial charge in [-0.15, -0.1) is 0 Å². The highest BCUT2D eigenvalue weighted by Gasteiger charge is 2.72. The minimum atomic E-state index is -1.55. The first-order valence-corrected chi connectivity index (χ1v) is 20.9. The number of hydrogen-bond donors (Lipinski definition) is 9. The van der Waals surface area contributed by atoms with Crippen LogP contribution in [0.5, 0.6) is 0 Å². The molecule has 0 spiro atoms. The molecule has 6 rings (SSSR count). The number of allylic oxidation sites excluding steroid dienone is 2. The van der Waals surface area contributed by atoms with Crippen molar-refractivity contribution < 1.29 is 64.9 Å². The lowest BCUT2D eigenvalue weighted by molar-refractivity contribution is -0.338. The second-order valence-electron chi connectivity index (χ2n) is 20.1. The topological polar surface area (TPSA) is 219 Å². The van der Waals surface area contributed by atoms with Gasteiger partial charge >= 0.3 is 0 Å². The van der Waals surface area contributed by atoms with Crippen molar-refractivity contribution in [3.8, 4) is 0 Å². The Morgan fingerprint density at radius 3 is 1.85 bits per heavy atom. The van der Waals surface area contributed by atoms with Crippen LogP contribution in [-0.2, 0) is 18.9 Å². The Labute approximate surface area is 327 Å². The minimum absolute atomic E-state index is 0.104. The molecule has 2 aliphatic heterocycles. The molecular formula is C42H72O13. The van der Waals surface area contributed by atoms with Crippen LogP contribution in [-0.4, -0.2) is 138 Å². The maximum atomic E-state index is 12.5. The molecule has 2 saturated heterocycles. The van der Waals surface area contributed by atoms with Crippen LogP contribution in [0.25, 0.3) is 0 Å². The van der Waals surface area contributed by atoms with E-state index in [1.165, 1.54) is 5.57 Å². The van der Waals surface area contributed by atoms with Gasteiger partial charge in [-0.25, -0.2) is 0 Å². The van der Waals surface area contributed by atoms with Crippen LogP contribution in [0.15, 0.2) is 11.6 Å². The van der Waals surface area contributed by atoms with Crippen molar-refractivity contribution in [2.24, 2.45) is 45.3 Å². The Hall–Kier alpha value is -0.780. The van der Waals surface area contributed by atoms with E-state index in [-0.39, 0.29) is 51.4 Å². The standard InChI is InChI=1S/C42H72O13/c1-21(2)10-9-14-42(8,55-37-35(51)33(49)31(47)25(20-44)53-37)22-11-16-41(7)29(22)23(45)18-27-39(5)15-13-28(38(3,4)26(39)12-17-40(27,41)6)54-36-34(50)32(48)30(46)24(19-43)52-36/h10,22-37,43-51H,9,11-20H2,1-8H3/t22-,23+,24+,25+,26-,27+,28-,29?,30+,31+,32-,33-,34+,35+,36-,37-,39-,40+,41+,42-/m0/s1. The van der Waals surface area contributed by atoms with E-state index in [1.807, 2.05) is 20.8 Å². The highest BCUT2D eigenvalue weighted by molar-refractivity contribution is 5.20. The summed E-state index contributed by atoms with van der Waals surface area (Å²) in [6.45, 7) is 16.6. The fourth-order valence-electron chi connectivity index (χ4n) is 13.4. The molecule has 55 heavy (non-hydrogen) atoms. The van der Waals surface area contributed by atoms with Gasteiger partial charge < -0.3 is 64.9 Å². The highest BCUT2D eigenvalue weighted by Crippen LogP contribution is 2.76. The van der Waals surface area contributed by atoms with Crippen molar-refractivity contribution in [3.05, 3.63) is 11.6 Å². The van der Waals surface area contributed by atoms with E-state index in [9.17, 15) is 46.0 Å². The van der Waals surface area contributed by atoms with Crippen molar-refractivity contribution in [1.82, 2.24) is 0 Å². The van der Waals surface area contributed by atoms with Gasteiger partial charge in [-0.2, -0.15) is 0 Å². The van der Waals surface area contributed by atoms with Gasteiger partial charge in [-0.1, -0.05) is 46.3 Å². The number of ether oxygens (including phenoxy) is 4. The molecule has 13 heteroatoms. The first kappa shape index (κ1) is 43.8. The molecule has 13 nitrogen and oxygen atoms in total. The maximum absolute atomic E-state index is 12.5. The summed E-state index contributed by atoms with van der Waals surface area (Å²) in [4.78, 5) is 0. The van der Waals surface area contributed by atoms with Crippen molar-refractivity contribution in [2.45, 2.75) is 192 Å². The highest BCUT2D eigenvalue weighted by atomic mass is 16.7. The molecule has 6 fully saturated rings. The van der Waals surface area contributed by atoms with Crippen LogP contribution in [0.1, 0.15) is 113 Å². The third-order valence-corrected chi connectivity index (χ3v) is 16.7. The second kappa shape index (κ2) is 15.7. The zero-order valence-electron chi connectivity index (χ0n) is 34.3. The van der Waals surface area contributed by atoms with Crippen LogP contribution in [0.4, 0.5) is 0 Å². The van der Waals surface area contributed by atoms with Crippen molar-refractivity contribution in [3.63, 3.8) is 0 Å². The zero-order chi connectivity index (χ0) is 40.6. The van der Waals surface area contributed by atoms with E-state index in [0.717, 1.165) is 32.1 Å². The third kappa shape index (κ3) is 7.10. The molecule has 9 N–H and O–H groups in total. The van der Waals surface area contributed by atoms with E-state index in [1.54, 1.807) is 0 Å². The van der Waals surface area contributed by atoms with Gasteiger partial charge in [-0.3, -0.25) is 0 Å². The fraction of sp³-hybridized carbons (Fsp3) is 0.952. The van der Waals surface area contributed by atoms with Crippen molar-refractivity contribution >= 4 is 0 Å². The molecule has 4 saturated carbocycles. The van der Waals surface area contributed by atoms with Gasteiger partial charge in [0.1, 0.15) is 48.8 Å². The largest absolute Gasteiger partial charge is 0.394 e. The lowest BCUT2D eigenvalue weighted by Crippen LogP contribution is -2.67. The summed E-state index contributed by atoms with van der Waals surface area (Å²) in [5, 5.41) is 95.9. The van der Waals surface area contributed by atoms with Gasteiger partial charge in [0.15, 0.2) is 12.6 Å². The third-order valence-electron chi connectivity index (χ3n) is 16.7. The van der Waals surface area contributed by atoms with Crippen LogP contribution in [0.3, 0.4) is 0 Å². The van der Waals surface area contributed by atoms with Gasteiger partial charge in [0.25, 0.3) is 0 Å². The molecule has 1 unspecified atom stereocenters. The predicted molar refractivity (Wildman–Crippen MR) is 201 cm³/mol. The second-order valence-corrected chi connectivity index (χ2v) is 20.1. The van der Waals surface area contributed by atoms with Gasteiger partial charge in [0, 0.05) is 0 Å². The molecule has 0 aromatic heterocycles. The normalized spacial score (nSPS) is 52.0. The van der Waals surface area contributed by atoms with Crippen molar-refractivity contribution in [1.29, 1.82) is 0 Å². The summed E-state index contributed by atoms with van der Waals surface area (Å²) in [5.41, 5.74) is -0.592. The molecular weight excluding hydrogens is 712 g/mol. The summed E-state index contributed by atoms with van der Waals surface area (Å²) in [5.74, 6) is 0.196. The number of hydrogen-bond acceptors (Lipinski definition) is 13. The van der Waals surface area contributed by atoms with Gasteiger partial charge in [-0.05, 0) is 124 Å². The van der Waals surface area contributed by atoms with Crippen LogP contribution in [0.2, 0.25) is 0 Å². The summed E-state index contributed by atoms with van der Waals surface area (Å²) in [6.07, 6.45) is -5.39. The zero-order valence-corrected chi connectivity index (χ0v) is 34.3. The first-order valence-electron chi connectivity index (χ1n) is 20.9. The summed E-state index contributed by atoms with van der Waals surface area (Å²) < 4.78 is 24.9. The van der Waals surface area contributed by atoms with E-state index in [0.29, 0.717) is 25.7 Å². The molecule has 0 radical (unpaired) electrons. The lowest BCUT2D eigenvalue weighted by atomic mass is 9.35. The minimum Gasteiger partial charge on any atom is -0.394 e. The van der Waals surface area contributed by atoms with E-state index in [4.69, 9.17) is 18.9 Å². The average molecular weight is 785 g/mol. The molecule has 0 aromatic rings. The molecule has 0 bridgehead atoms. The lowest BCUT2D eigenvalue weighted by Gasteiger charge is -2.71. The summed E-state index contributed by atoms with van der Waals surface area (Å²) >= 11 is 0. The Kier molecular flexibility index (Phi) is 12.5. The van der Waals surface area contributed by atoms with Crippen LogP contribution in [0, 0.1) is 45.3 Å². The summed E-state index contributed by atoms with van der Waals surface area (Å²) in [6, 6.07) is 0. The smallest absolute Gasteiger partial charge is 0.187 e. The van der Waals surface area contributed by atoms with E-state index in [2.05, 4.69) is 40.7 Å². The van der Waals surface area contributed by atoms with E-state index >= 15 is 0 Å². The fourth-order valence-corrected chi connectivity index (χ4v) is 13.4. The number of aliphatic hydroxyl groups is 9. The van der Waals surface area contributed by atoms with Crippen molar-refractivity contribution in [2.75, 3.05) is 13.2 Å². The number of rotatable bonds is 10. The Morgan fingerprint density at radius 2 is 1.27 bits per heavy atom. The molecule has 0 amide bonds. The van der Waals surface area contributed by atoms with Crippen LogP contribution < -0.4 is 0 Å². The first-order chi connectivity index (χ1) is 25.6. The molecule has 20 atom stereocenters. The quantitative estimate of drug-likeness (QED) is 0.115. The Morgan fingerprint density at radius 1 is 0.709 bits per heavy atom. The van der Waals surface area contributed by atoms with Gasteiger partial charge in [0.05, 0.1) is 31.0 Å².